The van der Waals surface area contributed by atoms with E-state index in [1.165, 1.54) is 15.9 Å². The van der Waals surface area contributed by atoms with E-state index in [0.29, 0.717) is 0 Å². The Hall–Kier alpha value is -2.67. The van der Waals surface area contributed by atoms with E-state index >= 15 is 0 Å². The molecule has 0 aliphatic rings. The Labute approximate surface area is 188 Å². The number of hydrogen-bond acceptors (Lipinski definition) is 1. The molecular weight excluding hydrogens is 451 g/mol. The van der Waals surface area contributed by atoms with Crippen molar-refractivity contribution in [1.29, 1.82) is 0 Å². The highest BCUT2D eigenvalue weighted by atomic mass is 79.9. The molecule has 30 heavy (non-hydrogen) atoms. The standard InChI is InChI=1S/C27H22OP.BrH/c1-4-13-24(14-5-1)29(25-15-6-2-7-16-25,26-17-8-3-9-18-26)21-23-20-22-12-10-11-19-27(22)28-23;/h1-20H,21H2;1H/q+1;/p-1. The van der Waals surface area contributed by atoms with Gasteiger partial charge in [-0.25, -0.2) is 0 Å². The van der Waals surface area contributed by atoms with Gasteiger partial charge < -0.3 is 21.4 Å². The van der Waals surface area contributed by atoms with E-state index in [2.05, 4.69) is 109 Å². The fraction of sp³-hybridized carbons (Fsp3) is 0.0370. The highest BCUT2D eigenvalue weighted by molar-refractivity contribution is 7.95. The zero-order valence-corrected chi connectivity index (χ0v) is 19.0. The van der Waals surface area contributed by atoms with E-state index in [0.717, 1.165) is 22.9 Å². The Bertz CT molecular complexity index is 1090. The number of furan rings is 1. The Kier molecular flexibility index (Phi) is 6.18. The molecule has 5 aromatic rings. The van der Waals surface area contributed by atoms with Crippen LogP contribution in [0, 0.1) is 0 Å². The predicted molar refractivity (Wildman–Crippen MR) is 125 cm³/mol. The first-order valence-electron chi connectivity index (χ1n) is 9.89. The zero-order chi connectivity index (χ0) is 19.5. The number of hydrogen-bond donors (Lipinski definition) is 0. The molecule has 148 valence electrons. The maximum absolute atomic E-state index is 6.32. The van der Waals surface area contributed by atoms with Gasteiger partial charge in [-0.1, -0.05) is 72.8 Å². The summed E-state index contributed by atoms with van der Waals surface area (Å²) in [6, 6.07) is 43.3. The van der Waals surface area contributed by atoms with Gasteiger partial charge in [-0.15, -0.1) is 0 Å². The molecule has 0 N–H and O–H groups in total. The van der Waals surface area contributed by atoms with Gasteiger partial charge in [-0.2, -0.15) is 0 Å². The van der Waals surface area contributed by atoms with E-state index in [-0.39, 0.29) is 17.0 Å². The van der Waals surface area contributed by atoms with Crippen molar-refractivity contribution in [3.8, 4) is 0 Å². The van der Waals surface area contributed by atoms with Crippen molar-refractivity contribution in [2.24, 2.45) is 0 Å². The second-order valence-electron chi connectivity index (χ2n) is 7.23. The first kappa shape index (κ1) is 20.6. The lowest BCUT2D eigenvalue weighted by Crippen LogP contribution is -3.00. The predicted octanol–water partition coefficient (Wildman–Crippen LogP) is 2.93. The normalized spacial score (nSPS) is 11.2. The first-order valence-corrected chi connectivity index (χ1v) is 11.9. The SMILES string of the molecule is [Br-].c1ccc([P+](Cc2cc3ccccc3o2)(c2ccccc2)c2ccccc2)cc1. The third-order valence-electron chi connectivity index (χ3n) is 5.46. The van der Waals surface area contributed by atoms with Crippen LogP contribution in [-0.4, -0.2) is 0 Å². The van der Waals surface area contributed by atoms with Crippen LogP contribution in [0.1, 0.15) is 5.76 Å². The molecule has 1 aromatic heterocycles. The average Bonchev–Trinajstić information content (AvgIpc) is 3.22. The highest BCUT2D eigenvalue weighted by Crippen LogP contribution is 2.58. The molecule has 1 heterocycles. The summed E-state index contributed by atoms with van der Waals surface area (Å²) < 4.78 is 6.32. The minimum atomic E-state index is -1.92. The molecule has 0 spiro atoms. The summed E-state index contributed by atoms with van der Waals surface area (Å²) in [6.45, 7) is 0. The minimum Gasteiger partial charge on any atom is -1.00 e. The molecule has 0 bridgehead atoms. The number of fused-ring (bicyclic) bond motifs is 1. The Morgan fingerprint density at radius 2 is 0.967 bits per heavy atom. The summed E-state index contributed by atoms with van der Waals surface area (Å²) in [4.78, 5) is 0. The smallest absolute Gasteiger partial charge is 0.143 e. The van der Waals surface area contributed by atoms with E-state index in [4.69, 9.17) is 4.42 Å². The zero-order valence-electron chi connectivity index (χ0n) is 16.5. The van der Waals surface area contributed by atoms with Crippen molar-refractivity contribution in [3.05, 3.63) is 127 Å². The molecule has 0 aliphatic heterocycles. The van der Waals surface area contributed by atoms with Crippen LogP contribution in [0.4, 0.5) is 0 Å². The van der Waals surface area contributed by atoms with Crippen LogP contribution in [-0.2, 0) is 6.16 Å². The van der Waals surface area contributed by atoms with Gasteiger partial charge in [0.15, 0.2) is 0 Å². The molecule has 0 atom stereocenters. The van der Waals surface area contributed by atoms with Gasteiger partial charge in [0.1, 0.15) is 40.7 Å². The topological polar surface area (TPSA) is 13.1 Å². The molecule has 0 amide bonds. The minimum absolute atomic E-state index is 0. The Morgan fingerprint density at radius 3 is 1.43 bits per heavy atom. The maximum atomic E-state index is 6.32. The lowest BCUT2D eigenvalue weighted by molar-refractivity contribution is -0.00000617. The quantitative estimate of drug-likeness (QED) is 0.358. The molecule has 0 unspecified atom stereocenters. The van der Waals surface area contributed by atoms with Crippen LogP contribution in [0.2, 0.25) is 0 Å². The third kappa shape index (κ3) is 3.74. The third-order valence-corrected chi connectivity index (χ3v) is 9.79. The van der Waals surface area contributed by atoms with Gasteiger partial charge in [0.05, 0.1) is 0 Å². The van der Waals surface area contributed by atoms with Crippen molar-refractivity contribution in [2.45, 2.75) is 6.16 Å². The van der Waals surface area contributed by atoms with Gasteiger partial charge in [-0.05, 0) is 48.5 Å². The maximum Gasteiger partial charge on any atom is 0.143 e. The number of para-hydroxylation sites is 1. The summed E-state index contributed by atoms with van der Waals surface area (Å²) >= 11 is 0. The summed E-state index contributed by atoms with van der Waals surface area (Å²) in [6.07, 6.45) is 0.861. The van der Waals surface area contributed by atoms with Gasteiger partial charge >= 0.3 is 0 Å². The monoisotopic (exact) mass is 472 g/mol. The average molecular weight is 473 g/mol. The van der Waals surface area contributed by atoms with Crippen molar-refractivity contribution in [1.82, 2.24) is 0 Å². The number of halogens is 1. The summed E-state index contributed by atoms with van der Waals surface area (Å²) in [5, 5.41) is 5.28. The van der Waals surface area contributed by atoms with Crippen LogP contribution in [0.15, 0.2) is 126 Å². The van der Waals surface area contributed by atoms with Crippen molar-refractivity contribution >= 4 is 34.1 Å². The van der Waals surface area contributed by atoms with Crippen molar-refractivity contribution in [2.75, 3.05) is 0 Å². The van der Waals surface area contributed by atoms with E-state index in [1.54, 1.807) is 0 Å². The van der Waals surface area contributed by atoms with Crippen LogP contribution in [0.5, 0.6) is 0 Å². The lowest BCUT2D eigenvalue weighted by Gasteiger charge is -2.26. The summed E-state index contributed by atoms with van der Waals surface area (Å²) in [7, 11) is -1.92. The molecule has 4 aromatic carbocycles. The van der Waals surface area contributed by atoms with Gasteiger partial charge in [0, 0.05) is 5.39 Å². The largest absolute Gasteiger partial charge is 1.00 e. The van der Waals surface area contributed by atoms with E-state index in [9.17, 15) is 0 Å². The van der Waals surface area contributed by atoms with Crippen LogP contribution in [0.25, 0.3) is 11.0 Å². The molecule has 5 rings (SSSR count). The van der Waals surface area contributed by atoms with Gasteiger partial charge in [-0.3, -0.25) is 0 Å². The molecule has 0 saturated heterocycles. The van der Waals surface area contributed by atoms with Crippen LogP contribution in [0.3, 0.4) is 0 Å². The van der Waals surface area contributed by atoms with E-state index < -0.39 is 7.26 Å². The Balaban J connectivity index is 0.00000218. The van der Waals surface area contributed by atoms with Crippen LogP contribution < -0.4 is 32.9 Å². The number of benzene rings is 4. The van der Waals surface area contributed by atoms with Crippen molar-refractivity contribution < 1.29 is 21.4 Å². The second kappa shape index (κ2) is 9.00. The second-order valence-corrected chi connectivity index (χ2v) is 10.7. The fourth-order valence-electron chi connectivity index (χ4n) is 4.12. The summed E-state index contributed by atoms with van der Waals surface area (Å²) in [5.74, 6) is 1.04. The van der Waals surface area contributed by atoms with Gasteiger partial charge in [0.2, 0.25) is 0 Å². The highest BCUT2D eigenvalue weighted by Gasteiger charge is 2.46. The number of rotatable bonds is 5. The van der Waals surface area contributed by atoms with Gasteiger partial charge in [0.25, 0.3) is 0 Å². The lowest BCUT2D eigenvalue weighted by atomic mass is 10.2. The van der Waals surface area contributed by atoms with Crippen molar-refractivity contribution in [3.63, 3.8) is 0 Å². The molecule has 0 fully saturated rings. The van der Waals surface area contributed by atoms with Crippen LogP contribution >= 0.6 is 7.26 Å². The Morgan fingerprint density at radius 1 is 0.533 bits per heavy atom. The molecule has 0 aliphatic carbocycles. The summed E-state index contributed by atoms with van der Waals surface area (Å²) in [5.41, 5.74) is 0.954. The first-order chi connectivity index (χ1) is 14.4. The molecule has 3 heteroatoms. The van der Waals surface area contributed by atoms with E-state index in [1.807, 2.05) is 12.1 Å². The molecule has 0 saturated carbocycles. The molecular formula is C27H22BrOP. The molecule has 1 nitrogen and oxygen atoms in total. The fourth-order valence-corrected chi connectivity index (χ4v) is 8.23. The molecule has 0 radical (unpaired) electrons.